The van der Waals surface area contributed by atoms with Crippen LogP contribution >= 0.6 is 0 Å². The summed E-state index contributed by atoms with van der Waals surface area (Å²) < 4.78 is 5.53. The van der Waals surface area contributed by atoms with Crippen LogP contribution in [0.5, 0.6) is 0 Å². The maximum absolute atomic E-state index is 9.59. The normalized spacial score (nSPS) is 47.8. The summed E-state index contributed by atoms with van der Waals surface area (Å²) in [6.45, 7) is 3.38. The largest absolute Gasteiger partial charge is 0.394 e. The van der Waals surface area contributed by atoms with E-state index in [1.165, 1.54) is 25.8 Å². The molecule has 1 unspecified atom stereocenters. The maximum atomic E-state index is 9.59. The average molecular weight is 197 g/mol. The number of ether oxygens (including phenoxy) is 1. The lowest BCUT2D eigenvalue weighted by atomic mass is 9.88. The van der Waals surface area contributed by atoms with Gasteiger partial charge in [0.25, 0.3) is 0 Å². The molecule has 0 aromatic carbocycles. The fourth-order valence-corrected chi connectivity index (χ4v) is 3.81. The van der Waals surface area contributed by atoms with Gasteiger partial charge in [0.05, 0.1) is 13.2 Å². The summed E-state index contributed by atoms with van der Waals surface area (Å²) in [4.78, 5) is 2.58. The minimum absolute atomic E-state index is 0.142. The first-order valence-electron chi connectivity index (χ1n) is 5.81. The Hall–Kier alpha value is -0.120. The maximum Gasteiger partial charge on any atom is 0.0615 e. The minimum atomic E-state index is 0.142. The molecule has 3 nitrogen and oxygen atoms in total. The highest BCUT2D eigenvalue weighted by molar-refractivity contribution is 5.08. The zero-order chi connectivity index (χ0) is 9.60. The van der Waals surface area contributed by atoms with Crippen molar-refractivity contribution in [3.05, 3.63) is 0 Å². The summed E-state index contributed by atoms with van der Waals surface area (Å²) in [5.74, 6) is 0.691. The molecule has 3 atom stereocenters. The molecular formula is C11H19NO2. The Balaban J connectivity index is 1.86. The fraction of sp³-hybridized carbons (Fsp3) is 1.00. The first kappa shape index (κ1) is 9.13. The van der Waals surface area contributed by atoms with Crippen molar-refractivity contribution in [2.45, 2.75) is 37.3 Å². The Kier molecular flexibility index (Phi) is 2.08. The molecule has 3 aliphatic heterocycles. The van der Waals surface area contributed by atoms with Crippen LogP contribution < -0.4 is 0 Å². The van der Waals surface area contributed by atoms with E-state index in [4.69, 9.17) is 4.74 Å². The third-order valence-corrected chi connectivity index (χ3v) is 4.42. The van der Waals surface area contributed by atoms with Gasteiger partial charge in [-0.1, -0.05) is 0 Å². The molecule has 3 saturated heterocycles. The Morgan fingerprint density at radius 1 is 1.50 bits per heavy atom. The highest BCUT2D eigenvalue weighted by atomic mass is 16.5. The summed E-state index contributed by atoms with van der Waals surface area (Å²) in [5.41, 5.74) is 0.142. The second kappa shape index (κ2) is 3.19. The van der Waals surface area contributed by atoms with Gasteiger partial charge in [0.1, 0.15) is 0 Å². The van der Waals surface area contributed by atoms with Crippen LogP contribution in [0.3, 0.4) is 0 Å². The van der Waals surface area contributed by atoms with Crippen LogP contribution in [0.4, 0.5) is 0 Å². The smallest absolute Gasteiger partial charge is 0.0615 e. The predicted molar refractivity (Wildman–Crippen MR) is 53.1 cm³/mol. The van der Waals surface area contributed by atoms with Gasteiger partial charge in [-0.3, -0.25) is 4.90 Å². The van der Waals surface area contributed by atoms with Crippen molar-refractivity contribution in [2.24, 2.45) is 5.92 Å². The van der Waals surface area contributed by atoms with Crippen LogP contribution in [0.1, 0.15) is 25.7 Å². The average Bonchev–Trinajstić information content (AvgIpc) is 2.73. The minimum Gasteiger partial charge on any atom is -0.394 e. The van der Waals surface area contributed by atoms with Crippen LogP contribution in [-0.2, 0) is 4.74 Å². The van der Waals surface area contributed by atoms with Gasteiger partial charge in [0, 0.05) is 18.2 Å². The Morgan fingerprint density at radius 2 is 2.43 bits per heavy atom. The van der Waals surface area contributed by atoms with Gasteiger partial charge in [0.2, 0.25) is 0 Å². The van der Waals surface area contributed by atoms with Crippen LogP contribution in [-0.4, -0.2) is 48.0 Å². The first-order chi connectivity index (χ1) is 6.86. The second-order valence-electron chi connectivity index (χ2n) is 5.07. The topological polar surface area (TPSA) is 32.7 Å². The molecule has 80 valence electrons. The molecular weight excluding hydrogens is 178 g/mol. The summed E-state index contributed by atoms with van der Waals surface area (Å²) in [5, 5.41) is 9.59. The van der Waals surface area contributed by atoms with Crippen LogP contribution in [0.2, 0.25) is 0 Å². The van der Waals surface area contributed by atoms with E-state index in [-0.39, 0.29) is 5.54 Å². The van der Waals surface area contributed by atoms with Crippen LogP contribution in [0, 0.1) is 5.92 Å². The summed E-state index contributed by atoms with van der Waals surface area (Å²) in [7, 11) is 0. The van der Waals surface area contributed by atoms with Gasteiger partial charge in [-0.25, -0.2) is 0 Å². The third kappa shape index (κ3) is 1.09. The summed E-state index contributed by atoms with van der Waals surface area (Å²) in [6, 6.07) is 0.707. The molecule has 3 heteroatoms. The van der Waals surface area contributed by atoms with Crippen molar-refractivity contribution < 1.29 is 9.84 Å². The zero-order valence-electron chi connectivity index (χ0n) is 8.61. The third-order valence-electron chi connectivity index (χ3n) is 4.42. The zero-order valence-corrected chi connectivity index (χ0v) is 8.61. The number of aliphatic hydroxyl groups is 1. The van der Waals surface area contributed by atoms with E-state index in [0.29, 0.717) is 18.6 Å². The number of nitrogens with zero attached hydrogens (tertiary/aromatic N) is 1. The van der Waals surface area contributed by atoms with Crippen molar-refractivity contribution in [2.75, 3.05) is 26.4 Å². The van der Waals surface area contributed by atoms with Crippen molar-refractivity contribution in [1.29, 1.82) is 0 Å². The monoisotopic (exact) mass is 197 g/mol. The number of hydrogen-bond acceptors (Lipinski definition) is 3. The number of aliphatic hydroxyl groups excluding tert-OH is 1. The highest BCUT2D eigenvalue weighted by Crippen LogP contribution is 2.47. The molecule has 14 heavy (non-hydrogen) atoms. The number of hydrogen-bond donors (Lipinski definition) is 1. The van der Waals surface area contributed by atoms with Gasteiger partial charge in [0.15, 0.2) is 0 Å². The van der Waals surface area contributed by atoms with Gasteiger partial charge < -0.3 is 9.84 Å². The van der Waals surface area contributed by atoms with Gasteiger partial charge in [-0.2, -0.15) is 0 Å². The summed E-state index contributed by atoms with van der Waals surface area (Å²) in [6.07, 6.45) is 4.79. The van der Waals surface area contributed by atoms with Crippen molar-refractivity contribution >= 4 is 0 Å². The molecule has 0 amide bonds. The SMILES string of the molecule is OC[C@@]12CCCN1C1CCOC[C@@H]1C2. The number of fused-ring (bicyclic) bond motifs is 3. The molecule has 0 spiro atoms. The van der Waals surface area contributed by atoms with Crippen LogP contribution in [0.25, 0.3) is 0 Å². The van der Waals surface area contributed by atoms with E-state index in [0.717, 1.165) is 19.6 Å². The summed E-state index contributed by atoms with van der Waals surface area (Å²) >= 11 is 0. The lowest BCUT2D eigenvalue weighted by Gasteiger charge is -2.34. The van der Waals surface area contributed by atoms with E-state index >= 15 is 0 Å². The molecule has 0 radical (unpaired) electrons. The number of rotatable bonds is 1. The molecule has 3 fully saturated rings. The first-order valence-corrected chi connectivity index (χ1v) is 5.81. The standard InChI is InChI=1S/C11H19NO2/c13-8-11-3-1-4-12(11)10-2-5-14-7-9(10)6-11/h9-10,13H,1-8H2/t9-,10?,11-/m0/s1. The van der Waals surface area contributed by atoms with Gasteiger partial charge >= 0.3 is 0 Å². The Bertz CT molecular complexity index is 233. The van der Waals surface area contributed by atoms with Gasteiger partial charge in [-0.05, 0) is 38.1 Å². The van der Waals surface area contributed by atoms with Crippen molar-refractivity contribution in [3.8, 4) is 0 Å². The van der Waals surface area contributed by atoms with E-state index in [1.807, 2.05) is 0 Å². The van der Waals surface area contributed by atoms with Crippen LogP contribution in [0.15, 0.2) is 0 Å². The molecule has 0 aromatic heterocycles. The molecule has 3 rings (SSSR count). The molecule has 1 N–H and O–H groups in total. The van der Waals surface area contributed by atoms with E-state index in [2.05, 4.69) is 4.90 Å². The molecule has 3 heterocycles. The van der Waals surface area contributed by atoms with Crippen molar-refractivity contribution in [1.82, 2.24) is 4.90 Å². The van der Waals surface area contributed by atoms with E-state index in [9.17, 15) is 5.11 Å². The molecule has 0 saturated carbocycles. The Morgan fingerprint density at radius 3 is 3.29 bits per heavy atom. The molecule has 0 aliphatic carbocycles. The van der Waals surface area contributed by atoms with Gasteiger partial charge in [-0.15, -0.1) is 0 Å². The highest BCUT2D eigenvalue weighted by Gasteiger charge is 2.53. The molecule has 3 aliphatic rings. The predicted octanol–water partition coefficient (Wildman–Crippen LogP) is 0.622. The lowest BCUT2D eigenvalue weighted by molar-refractivity contribution is 0.0143. The second-order valence-corrected chi connectivity index (χ2v) is 5.07. The van der Waals surface area contributed by atoms with Crippen molar-refractivity contribution in [3.63, 3.8) is 0 Å². The molecule has 0 aromatic rings. The lowest BCUT2D eigenvalue weighted by Crippen LogP contribution is -2.46. The van der Waals surface area contributed by atoms with E-state index < -0.39 is 0 Å². The fourth-order valence-electron chi connectivity index (χ4n) is 3.81. The molecule has 0 bridgehead atoms. The Labute approximate surface area is 85.0 Å². The quantitative estimate of drug-likeness (QED) is 0.669. The van der Waals surface area contributed by atoms with E-state index in [1.54, 1.807) is 0 Å².